The molecule has 0 aliphatic heterocycles. The summed E-state index contributed by atoms with van der Waals surface area (Å²) in [6.45, 7) is 3.99. The second kappa shape index (κ2) is 16.2. The fraction of sp³-hybridized carbons (Fsp3) is 0.519. The van der Waals surface area contributed by atoms with Crippen LogP contribution in [0.5, 0.6) is 5.75 Å². The van der Waals surface area contributed by atoms with E-state index in [1.807, 2.05) is 6.92 Å². The number of nitrogens with zero attached hydrogens (tertiary/aromatic N) is 1. The smallest absolute Gasteiger partial charge is 0.326 e. The summed E-state index contributed by atoms with van der Waals surface area (Å²) in [5.41, 5.74) is 12.7. The van der Waals surface area contributed by atoms with Gasteiger partial charge in [0, 0.05) is 24.7 Å². The topological polar surface area (TPSA) is 226 Å². The summed E-state index contributed by atoms with van der Waals surface area (Å²) in [5, 5.41) is 27.2. The molecule has 5 unspecified atom stereocenters. The summed E-state index contributed by atoms with van der Waals surface area (Å²) in [6.07, 6.45) is 5.26. The first-order chi connectivity index (χ1) is 19.0. The average molecular weight is 560 g/mol. The lowest BCUT2D eigenvalue weighted by Gasteiger charge is -2.26. The van der Waals surface area contributed by atoms with Crippen molar-refractivity contribution in [1.82, 2.24) is 25.9 Å². The molecule has 0 aliphatic carbocycles. The monoisotopic (exact) mass is 559 g/mol. The number of aromatic amines is 1. The number of hydrogen-bond acceptors (Lipinski definition) is 8. The highest BCUT2D eigenvalue weighted by Gasteiger charge is 2.32. The number of carboxylic acids is 1. The predicted molar refractivity (Wildman–Crippen MR) is 148 cm³/mol. The van der Waals surface area contributed by atoms with Gasteiger partial charge in [0.15, 0.2) is 0 Å². The van der Waals surface area contributed by atoms with Crippen molar-refractivity contribution in [2.24, 2.45) is 17.4 Å². The van der Waals surface area contributed by atoms with Crippen LogP contribution in [0.4, 0.5) is 0 Å². The van der Waals surface area contributed by atoms with Crippen LogP contribution in [-0.4, -0.2) is 74.6 Å². The van der Waals surface area contributed by atoms with Gasteiger partial charge in [0.05, 0.1) is 12.4 Å². The molecule has 0 saturated heterocycles. The standard InChI is InChI=1S/C27H41N7O6/c1-3-16(2)23(27(39)40)34-26(38)21(12-17-7-9-19(35)10-8-17)33-25(37)22(13-18-14-30-15-31-18)32-24(36)20(29)6-4-5-11-28/h7-10,14-16,20-23,35H,3-6,11-13,28-29H2,1-2H3,(H,30,31)(H,32,36)(H,33,37)(H,34,38)(H,39,40). The molecule has 10 N–H and O–H groups in total. The lowest BCUT2D eigenvalue weighted by atomic mass is 9.98. The number of carbonyl (C=O) groups is 4. The van der Waals surface area contributed by atoms with Gasteiger partial charge in [-0.3, -0.25) is 14.4 Å². The van der Waals surface area contributed by atoms with Crippen LogP contribution in [0.2, 0.25) is 0 Å². The number of rotatable bonds is 17. The van der Waals surface area contributed by atoms with Gasteiger partial charge in [-0.25, -0.2) is 9.78 Å². The van der Waals surface area contributed by atoms with Gasteiger partial charge in [-0.05, 0) is 43.0 Å². The number of aromatic hydroxyl groups is 1. The number of H-pyrrole nitrogens is 1. The molecule has 2 rings (SSSR count). The van der Waals surface area contributed by atoms with E-state index in [0.29, 0.717) is 43.5 Å². The van der Waals surface area contributed by atoms with E-state index < -0.39 is 47.9 Å². The van der Waals surface area contributed by atoms with Crippen LogP contribution < -0.4 is 27.4 Å². The minimum absolute atomic E-state index is 0.00796. The van der Waals surface area contributed by atoms with Crippen molar-refractivity contribution >= 4 is 23.7 Å². The number of phenolic OH excluding ortho intramolecular Hbond substituents is 1. The molecule has 0 saturated carbocycles. The molecule has 220 valence electrons. The number of aliphatic carboxylic acids is 1. The summed E-state index contributed by atoms with van der Waals surface area (Å²) >= 11 is 0. The van der Waals surface area contributed by atoms with Gasteiger partial charge in [-0.15, -0.1) is 0 Å². The molecule has 1 aromatic heterocycles. The third kappa shape index (κ3) is 10.3. The molecule has 5 atom stereocenters. The molecule has 0 aliphatic rings. The number of imidazole rings is 1. The average Bonchev–Trinajstić information content (AvgIpc) is 3.44. The Morgan fingerprint density at radius 2 is 1.60 bits per heavy atom. The van der Waals surface area contributed by atoms with Crippen molar-refractivity contribution in [1.29, 1.82) is 0 Å². The Labute approximate surface area is 233 Å². The summed E-state index contributed by atoms with van der Waals surface area (Å²) < 4.78 is 0. The molecular weight excluding hydrogens is 518 g/mol. The zero-order chi connectivity index (χ0) is 29.7. The Bertz CT molecular complexity index is 1090. The summed E-state index contributed by atoms with van der Waals surface area (Å²) in [4.78, 5) is 58.3. The molecule has 2 aromatic rings. The third-order valence-electron chi connectivity index (χ3n) is 6.70. The number of nitrogens with one attached hydrogen (secondary N) is 4. The summed E-state index contributed by atoms with van der Waals surface area (Å²) in [6, 6.07) is 1.77. The van der Waals surface area contributed by atoms with Crippen LogP contribution >= 0.6 is 0 Å². The van der Waals surface area contributed by atoms with Crippen LogP contribution in [-0.2, 0) is 32.0 Å². The number of aromatic nitrogens is 2. The highest BCUT2D eigenvalue weighted by molar-refractivity contribution is 5.94. The summed E-state index contributed by atoms with van der Waals surface area (Å²) in [7, 11) is 0. The van der Waals surface area contributed by atoms with Crippen molar-refractivity contribution in [3.05, 3.63) is 48.0 Å². The molecule has 0 spiro atoms. The number of hydrogen-bond donors (Lipinski definition) is 8. The highest BCUT2D eigenvalue weighted by atomic mass is 16.4. The van der Waals surface area contributed by atoms with Crippen molar-refractivity contribution in [2.45, 2.75) is 76.5 Å². The van der Waals surface area contributed by atoms with Gasteiger partial charge in [0.1, 0.15) is 23.9 Å². The Kier molecular flexibility index (Phi) is 13.1. The van der Waals surface area contributed by atoms with Gasteiger partial charge in [-0.2, -0.15) is 0 Å². The molecular formula is C27H41N7O6. The number of nitrogens with two attached hydrogens (primary N) is 2. The lowest BCUT2D eigenvalue weighted by Crippen LogP contribution is -2.58. The SMILES string of the molecule is CCC(C)C(NC(=O)C(Cc1ccc(O)cc1)NC(=O)C(Cc1cnc[nH]1)NC(=O)C(N)CCCCN)C(=O)O. The number of benzene rings is 1. The second-order valence-electron chi connectivity index (χ2n) is 9.87. The van der Waals surface area contributed by atoms with E-state index in [1.165, 1.54) is 24.7 Å². The van der Waals surface area contributed by atoms with Crippen LogP contribution in [0.1, 0.15) is 50.8 Å². The quantitative estimate of drug-likeness (QED) is 0.121. The van der Waals surface area contributed by atoms with Gasteiger partial charge in [0.2, 0.25) is 17.7 Å². The van der Waals surface area contributed by atoms with E-state index in [-0.39, 0.29) is 24.5 Å². The van der Waals surface area contributed by atoms with Gasteiger partial charge < -0.3 is 42.6 Å². The number of phenols is 1. The van der Waals surface area contributed by atoms with Crippen LogP contribution in [0.3, 0.4) is 0 Å². The van der Waals surface area contributed by atoms with Crippen LogP contribution in [0.25, 0.3) is 0 Å². The molecule has 1 aromatic carbocycles. The number of unbranched alkanes of at least 4 members (excludes halogenated alkanes) is 1. The largest absolute Gasteiger partial charge is 0.508 e. The molecule has 1 heterocycles. The minimum Gasteiger partial charge on any atom is -0.508 e. The minimum atomic E-state index is -1.19. The van der Waals surface area contributed by atoms with Gasteiger partial charge in [-0.1, -0.05) is 38.8 Å². The molecule has 0 radical (unpaired) electrons. The first-order valence-electron chi connectivity index (χ1n) is 13.4. The van der Waals surface area contributed by atoms with E-state index in [4.69, 9.17) is 11.5 Å². The summed E-state index contributed by atoms with van der Waals surface area (Å²) in [5.74, 6) is -3.41. The number of carboxylic acid groups (broad SMARTS) is 1. The first-order valence-corrected chi connectivity index (χ1v) is 13.4. The predicted octanol–water partition coefficient (Wildman–Crippen LogP) is -0.0581. The van der Waals surface area contributed by atoms with Crippen LogP contribution in [0.15, 0.2) is 36.8 Å². The molecule has 40 heavy (non-hydrogen) atoms. The highest BCUT2D eigenvalue weighted by Crippen LogP contribution is 2.13. The van der Waals surface area contributed by atoms with Gasteiger partial charge in [0.25, 0.3) is 0 Å². The molecule has 13 nitrogen and oxygen atoms in total. The second-order valence-corrected chi connectivity index (χ2v) is 9.87. The van der Waals surface area contributed by atoms with E-state index in [9.17, 15) is 29.4 Å². The molecule has 13 heteroatoms. The third-order valence-corrected chi connectivity index (χ3v) is 6.70. The maximum absolute atomic E-state index is 13.5. The zero-order valence-corrected chi connectivity index (χ0v) is 22.9. The lowest BCUT2D eigenvalue weighted by molar-refractivity contribution is -0.143. The maximum atomic E-state index is 13.5. The molecule has 0 bridgehead atoms. The first kappa shape index (κ1) is 32.2. The van der Waals surface area contributed by atoms with Crippen molar-refractivity contribution in [3.8, 4) is 5.75 Å². The Balaban J connectivity index is 2.27. The Morgan fingerprint density at radius 3 is 2.17 bits per heavy atom. The zero-order valence-electron chi connectivity index (χ0n) is 22.9. The van der Waals surface area contributed by atoms with Crippen LogP contribution in [0, 0.1) is 5.92 Å². The van der Waals surface area contributed by atoms with Gasteiger partial charge >= 0.3 is 5.97 Å². The normalized spacial score (nSPS) is 14.8. The molecule has 0 fully saturated rings. The van der Waals surface area contributed by atoms with Crippen molar-refractivity contribution < 1.29 is 29.4 Å². The fourth-order valence-corrected chi connectivity index (χ4v) is 4.03. The van der Waals surface area contributed by atoms with E-state index >= 15 is 0 Å². The Hall–Kier alpha value is -3.97. The van der Waals surface area contributed by atoms with E-state index in [1.54, 1.807) is 19.1 Å². The van der Waals surface area contributed by atoms with Crippen molar-refractivity contribution in [3.63, 3.8) is 0 Å². The number of amides is 3. The van der Waals surface area contributed by atoms with E-state index in [2.05, 4.69) is 25.9 Å². The number of carbonyl (C=O) groups excluding carboxylic acids is 3. The maximum Gasteiger partial charge on any atom is 0.326 e. The van der Waals surface area contributed by atoms with E-state index in [0.717, 1.165) is 0 Å². The molecule has 3 amide bonds. The fourth-order valence-electron chi connectivity index (χ4n) is 4.03. The van der Waals surface area contributed by atoms with Crippen molar-refractivity contribution in [2.75, 3.05) is 6.54 Å². The Morgan fingerprint density at radius 1 is 0.975 bits per heavy atom.